The number of benzene rings is 2. The highest BCUT2D eigenvalue weighted by molar-refractivity contribution is 6.51. The number of ketones is 1. The van der Waals surface area contributed by atoms with Crippen LogP contribution in [-0.2, 0) is 19.7 Å². The number of pyridine rings is 1. The lowest BCUT2D eigenvalue weighted by Crippen LogP contribution is -2.29. The number of ether oxygens (including phenoxy) is 2. The molecule has 40 heavy (non-hydrogen) atoms. The Morgan fingerprint density at radius 3 is 2.35 bits per heavy atom. The van der Waals surface area contributed by atoms with Crippen molar-refractivity contribution in [2.24, 2.45) is 0 Å². The molecule has 8 heteroatoms. The molecule has 0 saturated carbocycles. The van der Waals surface area contributed by atoms with Crippen LogP contribution in [-0.4, -0.2) is 40.5 Å². The molecule has 2 heterocycles. The summed E-state index contributed by atoms with van der Waals surface area (Å²) in [5, 5.41) is 11.6. The second-order valence-electron chi connectivity index (χ2n) is 10.8. The van der Waals surface area contributed by atoms with E-state index in [4.69, 9.17) is 9.47 Å². The largest absolute Gasteiger partial charge is 0.507 e. The average molecular weight is 543 g/mol. The second kappa shape index (κ2) is 11.3. The Morgan fingerprint density at radius 2 is 1.73 bits per heavy atom. The molecule has 1 aliphatic heterocycles. The van der Waals surface area contributed by atoms with Gasteiger partial charge in [0.2, 0.25) is 0 Å². The summed E-state index contributed by atoms with van der Waals surface area (Å²) in [5.41, 5.74) is 2.00. The molecule has 0 aliphatic carbocycles. The molecule has 8 nitrogen and oxygen atoms in total. The van der Waals surface area contributed by atoms with Crippen LogP contribution in [0.4, 0.5) is 5.69 Å². The van der Waals surface area contributed by atoms with Crippen LogP contribution in [0.5, 0.6) is 5.75 Å². The molecule has 1 saturated heterocycles. The molecule has 1 atom stereocenters. The van der Waals surface area contributed by atoms with E-state index in [1.807, 2.05) is 27.7 Å². The first-order valence-corrected chi connectivity index (χ1v) is 13.2. The van der Waals surface area contributed by atoms with E-state index >= 15 is 0 Å². The molecule has 0 bridgehead atoms. The number of amides is 1. The zero-order chi connectivity index (χ0) is 29.2. The van der Waals surface area contributed by atoms with Crippen LogP contribution in [0.25, 0.3) is 5.76 Å². The Balaban J connectivity index is 1.90. The van der Waals surface area contributed by atoms with Gasteiger partial charge in [-0.05, 0) is 80.3 Å². The number of carbonyl (C=O) groups excluding carboxylic acids is 3. The summed E-state index contributed by atoms with van der Waals surface area (Å²) < 4.78 is 11.1. The van der Waals surface area contributed by atoms with E-state index in [1.54, 1.807) is 74.8 Å². The van der Waals surface area contributed by atoms with Gasteiger partial charge in [0.1, 0.15) is 11.5 Å². The lowest BCUT2D eigenvalue weighted by atomic mass is 9.84. The Kier molecular flexibility index (Phi) is 8.09. The van der Waals surface area contributed by atoms with Gasteiger partial charge in [0, 0.05) is 29.2 Å². The van der Waals surface area contributed by atoms with Gasteiger partial charge in [0.25, 0.3) is 11.7 Å². The first-order chi connectivity index (χ1) is 18.9. The van der Waals surface area contributed by atoms with Crippen molar-refractivity contribution < 1.29 is 29.0 Å². The van der Waals surface area contributed by atoms with Gasteiger partial charge < -0.3 is 14.6 Å². The zero-order valence-corrected chi connectivity index (χ0v) is 23.6. The Hall–Kier alpha value is -4.46. The minimum Gasteiger partial charge on any atom is -0.507 e. The van der Waals surface area contributed by atoms with Gasteiger partial charge in [-0.2, -0.15) is 0 Å². The Morgan fingerprint density at radius 1 is 1.02 bits per heavy atom. The number of hydrogen-bond donors (Lipinski definition) is 1. The summed E-state index contributed by atoms with van der Waals surface area (Å²) in [7, 11) is 0. The number of aromatic nitrogens is 1. The monoisotopic (exact) mass is 542 g/mol. The molecule has 1 N–H and O–H groups in total. The van der Waals surface area contributed by atoms with Gasteiger partial charge in [-0.25, -0.2) is 4.79 Å². The summed E-state index contributed by atoms with van der Waals surface area (Å²) in [6.07, 6.45) is 2.79. The van der Waals surface area contributed by atoms with Gasteiger partial charge in [-0.1, -0.05) is 26.8 Å². The fraction of sp³-hybridized carbons (Fsp3) is 0.312. The fourth-order valence-electron chi connectivity index (χ4n) is 4.73. The van der Waals surface area contributed by atoms with Gasteiger partial charge in [-0.3, -0.25) is 19.5 Å². The van der Waals surface area contributed by atoms with Gasteiger partial charge in [-0.15, -0.1) is 0 Å². The van der Waals surface area contributed by atoms with Crippen LogP contribution in [0, 0.1) is 0 Å². The highest BCUT2D eigenvalue weighted by Gasteiger charge is 2.47. The van der Waals surface area contributed by atoms with Crippen LogP contribution < -0.4 is 9.64 Å². The summed E-state index contributed by atoms with van der Waals surface area (Å²) >= 11 is 0. The number of aliphatic hydroxyl groups is 1. The van der Waals surface area contributed by atoms with Crippen LogP contribution in [0.15, 0.2) is 72.6 Å². The molecule has 1 unspecified atom stereocenters. The van der Waals surface area contributed by atoms with Crippen LogP contribution in [0.1, 0.15) is 74.6 Å². The van der Waals surface area contributed by atoms with Crippen molar-refractivity contribution in [2.75, 3.05) is 11.5 Å². The second-order valence-corrected chi connectivity index (χ2v) is 10.8. The molecular weight excluding hydrogens is 508 g/mol. The van der Waals surface area contributed by atoms with E-state index in [2.05, 4.69) is 4.98 Å². The number of anilines is 1. The summed E-state index contributed by atoms with van der Waals surface area (Å²) in [4.78, 5) is 45.1. The van der Waals surface area contributed by atoms with Crippen molar-refractivity contribution in [3.8, 4) is 5.75 Å². The van der Waals surface area contributed by atoms with Crippen molar-refractivity contribution in [2.45, 2.75) is 59.1 Å². The lowest BCUT2D eigenvalue weighted by molar-refractivity contribution is -0.132. The fourth-order valence-corrected chi connectivity index (χ4v) is 4.73. The van der Waals surface area contributed by atoms with Crippen molar-refractivity contribution in [3.63, 3.8) is 0 Å². The topological polar surface area (TPSA) is 106 Å². The molecule has 3 aromatic rings. The normalized spacial score (nSPS) is 16.9. The number of hydrogen-bond acceptors (Lipinski definition) is 7. The predicted molar refractivity (Wildman–Crippen MR) is 152 cm³/mol. The van der Waals surface area contributed by atoms with Gasteiger partial charge >= 0.3 is 5.97 Å². The third-order valence-corrected chi connectivity index (χ3v) is 6.53. The van der Waals surface area contributed by atoms with Gasteiger partial charge in [0.05, 0.1) is 29.9 Å². The van der Waals surface area contributed by atoms with Gasteiger partial charge in [0.15, 0.2) is 0 Å². The summed E-state index contributed by atoms with van der Waals surface area (Å²) in [6, 6.07) is 14.0. The minimum atomic E-state index is -0.955. The summed E-state index contributed by atoms with van der Waals surface area (Å²) in [6.45, 7) is 12.0. The molecule has 1 amide bonds. The number of carbonyl (C=O) groups is 3. The standard InChI is InChI=1S/C32H34N2O6/c1-7-39-25-12-11-21(18-24(25)32(4,5)6)28(35)26-27(20-13-15-33-16-14-20)34(30(37)29(26)36)23-10-8-9-22(17-23)31(38)40-19(2)3/h8-19,27,35H,7H2,1-6H3/b28-26-. The highest BCUT2D eigenvalue weighted by atomic mass is 16.5. The maximum Gasteiger partial charge on any atom is 0.338 e. The minimum absolute atomic E-state index is 0.0598. The third kappa shape index (κ3) is 5.61. The quantitative estimate of drug-likeness (QED) is 0.170. The van der Waals surface area contributed by atoms with Crippen molar-refractivity contribution in [3.05, 3.63) is 94.8 Å². The van der Waals surface area contributed by atoms with E-state index in [1.165, 1.54) is 11.0 Å². The number of nitrogens with zero attached hydrogens (tertiary/aromatic N) is 2. The van der Waals surface area contributed by atoms with Crippen LogP contribution >= 0.6 is 0 Å². The molecule has 208 valence electrons. The predicted octanol–water partition coefficient (Wildman–Crippen LogP) is 5.97. The van der Waals surface area contributed by atoms with Crippen molar-refractivity contribution >= 4 is 29.1 Å². The van der Waals surface area contributed by atoms with Crippen molar-refractivity contribution in [1.82, 2.24) is 4.98 Å². The highest BCUT2D eigenvalue weighted by Crippen LogP contribution is 2.43. The summed E-state index contributed by atoms with van der Waals surface area (Å²) in [5.74, 6) is -1.81. The molecule has 0 spiro atoms. The molecule has 1 aromatic heterocycles. The number of esters is 1. The molecule has 0 radical (unpaired) electrons. The molecular formula is C32H34N2O6. The van der Waals surface area contributed by atoms with E-state index in [0.717, 1.165) is 5.56 Å². The van der Waals surface area contributed by atoms with E-state index in [0.29, 0.717) is 29.2 Å². The van der Waals surface area contributed by atoms with E-state index in [-0.39, 0.29) is 28.4 Å². The number of rotatable bonds is 7. The molecule has 2 aromatic carbocycles. The smallest absolute Gasteiger partial charge is 0.338 e. The molecule has 1 fully saturated rings. The van der Waals surface area contributed by atoms with Crippen molar-refractivity contribution in [1.29, 1.82) is 0 Å². The number of Topliss-reactive ketones (excluding diaryl/α,β-unsaturated/α-hetero) is 1. The molecule has 1 aliphatic rings. The van der Waals surface area contributed by atoms with E-state index < -0.39 is 23.7 Å². The maximum atomic E-state index is 13.6. The van der Waals surface area contributed by atoms with Crippen LogP contribution in [0.3, 0.4) is 0 Å². The van der Waals surface area contributed by atoms with E-state index in [9.17, 15) is 19.5 Å². The van der Waals surface area contributed by atoms with Crippen LogP contribution in [0.2, 0.25) is 0 Å². The first-order valence-electron chi connectivity index (χ1n) is 13.2. The SMILES string of the molecule is CCOc1ccc(/C(O)=C2/C(=O)C(=O)N(c3cccc(C(=O)OC(C)C)c3)C2c2ccncc2)cc1C(C)(C)C. The average Bonchev–Trinajstić information content (AvgIpc) is 3.18. The maximum absolute atomic E-state index is 13.6. The third-order valence-electron chi connectivity index (χ3n) is 6.53. The lowest BCUT2D eigenvalue weighted by Gasteiger charge is -2.26. The number of aliphatic hydroxyl groups excluding tert-OH is 1. The Labute approximate surface area is 234 Å². The zero-order valence-electron chi connectivity index (χ0n) is 23.6. The Bertz CT molecular complexity index is 1470. The first kappa shape index (κ1) is 28.5. The molecule has 4 rings (SSSR count).